The number of piperazine rings is 1. The van der Waals surface area contributed by atoms with Gasteiger partial charge in [-0.2, -0.15) is 0 Å². The van der Waals surface area contributed by atoms with Gasteiger partial charge in [0.05, 0.1) is 21.7 Å². The zero-order valence-electron chi connectivity index (χ0n) is 15.2. The number of benzene rings is 1. The maximum atomic E-state index is 11.2. The summed E-state index contributed by atoms with van der Waals surface area (Å²) >= 11 is 8.22. The van der Waals surface area contributed by atoms with Gasteiger partial charge in [-0.05, 0) is 25.0 Å². The highest BCUT2D eigenvalue weighted by Crippen LogP contribution is 2.33. The molecule has 0 bridgehead atoms. The van der Waals surface area contributed by atoms with Crippen LogP contribution in [-0.2, 0) is 4.79 Å². The summed E-state index contributed by atoms with van der Waals surface area (Å²) in [6.07, 6.45) is 2.20. The van der Waals surface area contributed by atoms with Gasteiger partial charge in [-0.1, -0.05) is 37.2 Å². The van der Waals surface area contributed by atoms with Gasteiger partial charge in [-0.3, -0.25) is 4.79 Å². The lowest BCUT2D eigenvalue weighted by Crippen LogP contribution is -2.54. The van der Waals surface area contributed by atoms with Crippen molar-refractivity contribution in [1.82, 2.24) is 15.3 Å². The summed E-state index contributed by atoms with van der Waals surface area (Å²) in [6.45, 7) is 6.08. The zero-order chi connectivity index (χ0) is 18.0. The summed E-state index contributed by atoms with van der Waals surface area (Å²) in [5.41, 5.74) is 2.61. The molecule has 2 aromatic rings. The third kappa shape index (κ3) is 5.57. The van der Waals surface area contributed by atoms with E-state index in [0.717, 1.165) is 41.3 Å². The Morgan fingerprint density at radius 2 is 2.11 bits per heavy atom. The van der Waals surface area contributed by atoms with Crippen LogP contribution in [0, 0.1) is 0 Å². The van der Waals surface area contributed by atoms with Crippen LogP contribution >= 0.6 is 48.2 Å². The van der Waals surface area contributed by atoms with E-state index in [0.29, 0.717) is 23.4 Å². The van der Waals surface area contributed by atoms with Crippen molar-refractivity contribution in [3.63, 3.8) is 0 Å². The van der Waals surface area contributed by atoms with Crippen molar-refractivity contribution < 1.29 is 9.90 Å². The van der Waals surface area contributed by atoms with E-state index in [4.69, 9.17) is 11.6 Å². The van der Waals surface area contributed by atoms with Gasteiger partial charge in [-0.25, -0.2) is 4.98 Å². The van der Waals surface area contributed by atoms with E-state index in [1.54, 1.807) is 11.8 Å². The number of halogens is 3. The SMILES string of the molecule is CCC(CC)Sc1nc2cc(N3CCNC(C(=O)O)C3)c(Cl)cc2[nH]1.Cl.Cl. The number of fused-ring (bicyclic) bond motifs is 1. The fourth-order valence-electron chi connectivity index (χ4n) is 3.04. The first-order valence-corrected chi connectivity index (χ1v) is 9.84. The Morgan fingerprint density at radius 3 is 2.74 bits per heavy atom. The minimum absolute atomic E-state index is 0. The lowest BCUT2D eigenvalue weighted by atomic mass is 10.1. The number of carboxylic acids is 1. The predicted molar refractivity (Wildman–Crippen MR) is 117 cm³/mol. The number of carboxylic acid groups (broad SMARTS) is 1. The zero-order valence-corrected chi connectivity index (χ0v) is 18.4. The number of aromatic nitrogens is 2. The van der Waals surface area contributed by atoms with Crippen LogP contribution in [0.1, 0.15) is 26.7 Å². The minimum Gasteiger partial charge on any atom is -0.480 e. The van der Waals surface area contributed by atoms with Crippen LogP contribution in [0.15, 0.2) is 17.3 Å². The first-order chi connectivity index (χ1) is 12.0. The van der Waals surface area contributed by atoms with E-state index in [9.17, 15) is 9.90 Å². The van der Waals surface area contributed by atoms with Gasteiger partial charge in [0, 0.05) is 24.9 Å². The fourth-order valence-corrected chi connectivity index (χ4v) is 4.29. The summed E-state index contributed by atoms with van der Waals surface area (Å²) in [6, 6.07) is 3.25. The largest absolute Gasteiger partial charge is 0.480 e. The number of hydrogen-bond acceptors (Lipinski definition) is 5. The molecule has 1 aromatic heterocycles. The highest BCUT2D eigenvalue weighted by Gasteiger charge is 2.26. The van der Waals surface area contributed by atoms with Crippen LogP contribution in [0.2, 0.25) is 5.02 Å². The first-order valence-electron chi connectivity index (χ1n) is 8.58. The number of hydrogen-bond donors (Lipinski definition) is 3. The molecule has 27 heavy (non-hydrogen) atoms. The number of nitrogens with one attached hydrogen (secondary N) is 2. The lowest BCUT2D eigenvalue weighted by Gasteiger charge is -2.33. The smallest absolute Gasteiger partial charge is 0.322 e. The number of rotatable bonds is 6. The molecule has 1 atom stereocenters. The average molecular weight is 456 g/mol. The second-order valence-corrected chi connectivity index (χ2v) is 7.91. The maximum absolute atomic E-state index is 11.2. The van der Waals surface area contributed by atoms with E-state index in [1.807, 2.05) is 17.0 Å². The molecule has 3 N–H and O–H groups in total. The van der Waals surface area contributed by atoms with Gasteiger partial charge < -0.3 is 20.3 Å². The Labute approximate surface area is 180 Å². The van der Waals surface area contributed by atoms with Crippen LogP contribution in [0.5, 0.6) is 0 Å². The normalized spacial score (nSPS) is 16.9. The molecule has 0 aliphatic carbocycles. The van der Waals surface area contributed by atoms with Crippen LogP contribution in [-0.4, -0.2) is 52.0 Å². The molecular formula is C17H25Cl3N4O2S. The number of H-pyrrole nitrogens is 1. The number of anilines is 1. The Kier molecular flexibility index (Phi) is 9.51. The van der Waals surface area contributed by atoms with Crippen molar-refractivity contribution in [3.05, 3.63) is 17.2 Å². The molecule has 0 amide bonds. The van der Waals surface area contributed by atoms with Gasteiger partial charge in [-0.15, -0.1) is 24.8 Å². The number of nitrogens with zero attached hydrogens (tertiary/aromatic N) is 2. The number of aromatic amines is 1. The number of carbonyl (C=O) groups is 1. The van der Waals surface area contributed by atoms with Gasteiger partial charge in [0.15, 0.2) is 5.16 Å². The van der Waals surface area contributed by atoms with Crippen molar-refractivity contribution in [1.29, 1.82) is 0 Å². The van der Waals surface area contributed by atoms with E-state index >= 15 is 0 Å². The van der Waals surface area contributed by atoms with E-state index in [2.05, 4.69) is 29.1 Å². The maximum Gasteiger partial charge on any atom is 0.322 e. The molecule has 0 spiro atoms. The second kappa shape index (κ2) is 10.6. The van der Waals surface area contributed by atoms with E-state index in [-0.39, 0.29) is 24.8 Å². The first kappa shape index (κ1) is 24.2. The minimum atomic E-state index is -0.842. The van der Waals surface area contributed by atoms with Gasteiger partial charge in [0.25, 0.3) is 0 Å². The van der Waals surface area contributed by atoms with Crippen molar-refractivity contribution >= 4 is 70.9 Å². The van der Waals surface area contributed by atoms with Crippen LogP contribution in [0.25, 0.3) is 11.0 Å². The van der Waals surface area contributed by atoms with Crippen molar-refractivity contribution in [3.8, 4) is 0 Å². The summed E-state index contributed by atoms with van der Waals surface area (Å²) in [5.74, 6) is -0.842. The molecule has 1 aromatic carbocycles. The van der Waals surface area contributed by atoms with Crippen LogP contribution < -0.4 is 10.2 Å². The molecule has 152 valence electrons. The van der Waals surface area contributed by atoms with E-state index in [1.165, 1.54) is 0 Å². The van der Waals surface area contributed by atoms with Crippen molar-refractivity contribution in [2.75, 3.05) is 24.5 Å². The summed E-state index contributed by atoms with van der Waals surface area (Å²) < 4.78 is 0. The molecule has 1 aliphatic rings. The molecule has 3 rings (SSSR count). The van der Waals surface area contributed by atoms with Crippen LogP contribution in [0.3, 0.4) is 0 Å². The standard InChI is InChI=1S/C17H23ClN4O2S.2ClH/c1-3-10(4-2)25-17-20-12-7-11(18)15(8-13(12)21-17)22-6-5-19-14(9-22)16(23)24;;/h7-8,10,14,19H,3-6,9H2,1-2H3,(H,20,21)(H,23,24);2*1H. The molecular weight excluding hydrogens is 431 g/mol. The Morgan fingerprint density at radius 1 is 1.41 bits per heavy atom. The molecule has 0 saturated carbocycles. The lowest BCUT2D eigenvalue weighted by molar-refractivity contribution is -0.139. The monoisotopic (exact) mass is 454 g/mol. The summed E-state index contributed by atoms with van der Waals surface area (Å²) in [5, 5.41) is 14.3. The van der Waals surface area contributed by atoms with Crippen molar-refractivity contribution in [2.45, 2.75) is 43.1 Å². The van der Waals surface area contributed by atoms with Gasteiger partial charge >= 0.3 is 5.97 Å². The fraction of sp³-hybridized carbons (Fsp3) is 0.529. The molecule has 1 aliphatic heterocycles. The number of aliphatic carboxylic acids is 1. The molecule has 2 heterocycles. The summed E-state index contributed by atoms with van der Waals surface area (Å²) in [4.78, 5) is 21.3. The van der Waals surface area contributed by atoms with Crippen LogP contribution in [0.4, 0.5) is 5.69 Å². The Bertz CT molecular complexity index is 770. The highest BCUT2D eigenvalue weighted by atomic mass is 35.5. The Balaban J connectivity index is 0.00000182. The summed E-state index contributed by atoms with van der Waals surface area (Å²) in [7, 11) is 0. The molecule has 10 heteroatoms. The molecule has 0 radical (unpaired) electrons. The topological polar surface area (TPSA) is 81.2 Å². The predicted octanol–water partition coefficient (Wildman–Crippen LogP) is 4.20. The second-order valence-electron chi connectivity index (χ2n) is 6.21. The Hall–Kier alpha value is -0.860. The molecule has 1 unspecified atom stereocenters. The third-order valence-corrected chi connectivity index (χ3v) is 6.25. The number of thioether (sulfide) groups is 1. The van der Waals surface area contributed by atoms with E-state index < -0.39 is 12.0 Å². The molecule has 6 nitrogen and oxygen atoms in total. The van der Waals surface area contributed by atoms with Gasteiger partial charge in [0.2, 0.25) is 0 Å². The quantitative estimate of drug-likeness (QED) is 0.566. The molecule has 1 fully saturated rings. The van der Waals surface area contributed by atoms with Crippen molar-refractivity contribution in [2.24, 2.45) is 0 Å². The average Bonchev–Trinajstić information content (AvgIpc) is 3.00. The number of imidazole rings is 1. The third-order valence-electron chi connectivity index (χ3n) is 4.53. The highest BCUT2D eigenvalue weighted by molar-refractivity contribution is 7.99. The molecule has 1 saturated heterocycles. The van der Waals surface area contributed by atoms with Gasteiger partial charge in [0.1, 0.15) is 6.04 Å².